The number of nitrogens with one attached hydrogen (secondary N) is 1. The number of anilines is 1. The van der Waals surface area contributed by atoms with E-state index in [-0.39, 0.29) is 0 Å². The molecular weight excluding hydrogens is 322 g/mol. The minimum Gasteiger partial charge on any atom is -0.495 e. The van der Waals surface area contributed by atoms with Crippen LogP contribution in [-0.4, -0.2) is 25.8 Å². The highest BCUT2D eigenvalue weighted by Crippen LogP contribution is 2.23. The monoisotopic (exact) mass is 343 g/mol. The first kappa shape index (κ1) is 18.3. The first-order chi connectivity index (χ1) is 12.1. The smallest absolute Gasteiger partial charge is 0.417 e. The third-order valence-electron chi connectivity index (χ3n) is 3.38. The maximum absolute atomic E-state index is 12.0. The van der Waals surface area contributed by atoms with E-state index in [1.807, 2.05) is 6.92 Å². The molecule has 0 spiro atoms. The number of hydrogen-bond donors (Lipinski definition) is 1. The Kier molecular flexibility index (Phi) is 6.83. The van der Waals surface area contributed by atoms with Crippen LogP contribution in [0.25, 0.3) is 0 Å². The molecule has 132 valence electrons. The van der Waals surface area contributed by atoms with Gasteiger partial charge in [0.2, 0.25) is 0 Å². The Hall–Kier alpha value is -3.02. The minimum absolute atomic E-state index is 0.317. The van der Waals surface area contributed by atoms with Crippen molar-refractivity contribution < 1.29 is 23.8 Å². The number of hydrogen-bond acceptors (Lipinski definition) is 5. The highest BCUT2D eigenvalue weighted by atomic mass is 16.6. The van der Waals surface area contributed by atoms with E-state index in [2.05, 4.69) is 5.32 Å². The van der Waals surface area contributed by atoms with Gasteiger partial charge >= 0.3 is 12.1 Å². The summed E-state index contributed by atoms with van der Waals surface area (Å²) in [5.74, 6) is 0.459. The molecule has 0 unspecified atom stereocenters. The number of methoxy groups -OCH3 is 1. The Morgan fingerprint density at radius 1 is 1.04 bits per heavy atom. The van der Waals surface area contributed by atoms with Crippen LogP contribution in [0.3, 0.4) is 0 Å². The average molecular weight is 343 g/mol. The number of carbonyl (C=O) groups is 2. The van der Waals surface area contributed by atoms with Gasteiger partial charge in [-0.25, -0.2) is 9.59 Å². The number of para-hydroxylation sites is 2. The van der Waals surface area contributed by atoms with E-state index in [1.54, 1.807) is 36.4 Å². The number of amides is 1. The zero-order chi connectivity index (χ0) is 18.1. The average Bonchev–Trinajstić information content (AvgIpc) is 2.63. The fraction of sp³-hybridized carbons (Fsp3) is 0.263. The molecule has 1 N–H and O–H groups in total. The van der Waals surface area contributed by atoms with Crippen molar-refractivity contribution in [3.05, 3.63) is 54.1 Å². The Balaban J connectivity index is 1.92. The number of unbranched alkanes of at least 4 members (excludes halogenated alkanes) is 1. The second-order valence-electron chi connectivity index (χ2n) is 5.23. The molecular formula is C19H21NO5. The third-order valence-corrected chi connectivity index (χ3v) is 3.38. The van der Waals surface area contributed by atoms with Gasteiger partial charge in [0, 0.05) is 0 Å². The predicted molar refractivity (Wildman–Crippen MR) is 94.3 cm³/mol. The van der Waals surface area contributed by atoms with Crippen LogP contribution >= 0.6 is 0 Å². The predicted octanol–water partition coefficient (Wildman–Crippen LogP) is 4.26. The molecule has 2 rings (SSSR count). The van der Waals surface area contributed by atoms with Crippen molar-refractivity contribution in [2.45, 2.75) is 19.8 Å². The van der Waals surface area contributed by atoms with E-state index in [1.165, 1.54) is 19.2 Å². The Labute approximate surface area is 146 Å². The van der Waals surface area contributed by atoms with Gasteiger partial charge in [-0.05, 0) is 42.8 Å². The van der Waals surface area contributed by atoms with Crippen molar-refractivity contribution in [3.63, 3.8) is 0 Å². The summed E-state index contributed by atoms with van der Waals surface area (Å²) >= 11 is 0. The van der Waals surface area contributed by atoms with Gasteiger partial charge in [0.25, 0.3) is 0 Å². The zero-order valence-electron chi connectivity index (χ0n) is 14.3. The van der Waals surface area contributed by atoms with Crippen molar-refractivity contribution in [2.24, 2.45) is 0 Å². The molecule has 0 aromatic heterocycles. The molecule has 1 amide bonds. The third kappa shape index (κ3) is 5.53. The summed E-state index contributed by atoms with van der Waals surface area (Å²) in [7, 11) is 1.52. The number of carbonyl (C=O) groups excluding carboxylic acids is 2. The lowest BCUT2D eigenvalue weighted by Crippen LogP contribution is -2.17. The lowest BCUT2D eigenvalue weighted by Gasteiger charge is -2.10. The van der Waals surface area contributed by atoms with Crippen molar-refractivity contribution in [2.75, 3.05) is 19.0 Å². The summed E-state index contributed by atoms with van der Waals surface area (Å²) < 4.78 is 15.5. The fourth-order valence-corrected chi connectivity index (χ4v) is 2.04. The van der Waals surface area contributed by atoms with Gasteiger partial charge in [0.1, 0.15) is 11.5 Å². The lowest BCUT2D eigenvalue weighted by molar-refractivity contribution is 0.0499. The van der Waals surface area contributed by atoms with Gasteiger partial charge in [-0.1, -0.05) is 25.5 Å². The molecule has 6 nitrogen and oxygen atoms in total. The summed E-state index contributed by atoms with van der Waals surface area (Å²) in [6.07, 6.45) is 1.14. The first-order valence-corrected chi connectivity index (χ1v) is 8.03. The standard InChI is InChI=1S/C19H21NO5/c1-3-4-13-24-18(21)14-9-11-15(12-10-14)25-19(22)20-16-7-5-6-8-17(16)23-2/h5-12H,3-4,13H2,1-2H3,(H,20,22). The second-order valence-corrected chi connectivity index (χ2v) is 5.23. The quantitative estimate of drug-likeness (QED) is 0.600. The largest absolute Gasteiger partial charge is 0.495 e. The van der Waals surface area contributed by atoms with E-state index in [4.69, 9.17) is 14.2 Å². The minimum atomic E-state index is -0.650. The molecule has 0 aliphatic rings. The van der Waals surface area contributed by atoms with Gasteiger partial charge in [0.15, 0.2) is 0 Å². The SMILES string of the molecule is CCCCOC(=O)c1ccc(OC(=O)Nc2ccccc2OC)cc1. The highest BCUT2D eigenvalue weighted by Gasteiger charge is 2.11. The van der Waals surface area contributed by atoms with Crippen molar-refractivity contribution in [1.29, 1.82) is 0 Å². The maximum Gasteiger partial charge on any atom is 0.417 e. The molecule has 25 heavy (non-hydrogen) atoms. The Bertz CT molecular complexity index is 712. The van der Waals surface area contributed by atoms with Crippen LogP contribution in [0.15, 0.2) is 48.5 Å². The summed E-state index contributed by atoms with van der Waals surface area (Å²) in [6, 6.07) is 13.2. The summed E-state index contributed by atoms with van der Waals surface area (Å²) in [5.41, 5.74) is 0.916. The van der Waals surface area contributed by atoms with Crippen molar-refractivity contribution in [1.82, 2.24) is 0 Å². The second kappa shape index (κ2) is 9.32. The first-order valence-electron chi connectivity index (χ1n) is 8.03. The van der Waals surface area contributed by atoms with E-state index < -0.39 is 12.1 Å². The number of ether oxygens (including phenoxy) is 3. The van der Waals surface area contributed by atoms with Crippen LogP contribution in [0.1, 0.15) is 30.1 Å². The lowest BCUT2D eigenvalue weighted by atomic mass is 10.2. The van der Waals surface area contributed by atoms with Crippen LogP contribution in [0.5, 0.6) is 11.5 Å². The Morgan fingerprint density at radius 3 is 2.44 bits per heavy atom. The van der Waals surface area contributed by atoms with Crippen molar-refractivity contribution >= 4 is 17.7 Å². The number of benzene rings is 2. The van der Waals surface area contributed by atoms with Crippen LogP contribution < -0.4 is 14.8 Å². The van der Waals surface area contributed by atoms with Crippen molar-refractivity contribution in [3.8, 4) is 11.5 Å². The molecule has 0 aliphatic heterocycles. The molecule has 0 aliphatic carbocycles. The topological polar surface area (TPSA) is 73.9 Å². The maximum atomic E-state index is 12.0. The molecule has 0 saturated heterocycles. The molecule has 0 radical (unpaired) electrons. The van der Waals surface area contributed by atoms with Gasteiger partial charge in [-0.15, -0.1) is 0 Å². The van der Waals surface area contributed by atoms with Gasteiger partial charge in [-0.3, -0.25) is 5.32 Å². The number of esters is 1. The van der Waals surface area contributed by atoms with Crippen LogP contribution in [0.4, 0.5) is 10.5 Å². The molecule has 0 bridgehead atoms. The Morgan fingerprint density at radius 2 is 1.76 bits per heavy atom. The van der Waals surface area contributed by atoms with Gasteiger partial charge < -0.3 is 14.2 Å². The fourth-order valence-electron chi connectivity index (χ4n) is 2.04. The van der Waals surface area contributed by atoms with Gasteiger partial charge in [-0.2, -0.15) is 0 Å². The molecule has 0 atom stereocenters. The molecule has 0 saturated carbocycles. The highest BCUT2D eigenvalue weighted by molar-refractivity contribution is 5.90. The number of rotatable bonds is 7. The van der Waals surface area contributed by atoms with Gasteiger partial charge in [0.05, 0.1) is 25.0 Å². The van der Waals surface area contributed by atoms with Crippen LogP contribution in [0, 0.1) is 0 Å². The summed E-state index contributed by atoms with van der Waals surface area (Å²) in [6.45, 7) is 2.42. The molecule has 0 fully saturated rings. The van der Waals surface area contributed by atoms with E-state index in [0.29, 0.717) is 29.4 Å². The van der Waals surface area contributed by atoms with Crippen LogP contribution in [0.2, 0.25) is 0 Å². The molecule has 0 heterocycles. The molecule has 6 heteroatoms. The van der Waals surface area contributed by atoms with Crippen LogP contribution in [-0.2, 0) is 4.74 Å². The summed E-state index contributed by atoms with van der Waals surface area (Å²) in [4.78, 5) is 23.8. The molecule has 2 aromatic carbocycles. The zero-order valence-corrected chi connectivity index (χ0v) is 14.3. The van der Waals surface area contributed by atoms with E-state index >= 15 is 0 Å². The molecule has 2 aromatic rings. The summed E-state index contributed by atoms with van der Waals surface area (Å²) in [5, 5.41) is 2.60. The van der Waals surface area contributed by atoms with E-state index in [0.717, 1.165) is 12.8 Å². The normalized spacial score (nSPS) is 10.0. The van der Waals surface area contributed by atoms with E-state index in [9.17, 15) is 9.59 Å².